The maximum absolute atomic E-state index is 11.7. The summed E-state index contributed by atoms with van der Waals surface area (Å²) in [7, 11) is 1.64. The fraction of sp³-hybridized carbons (Fsp3) is 0.286. The van der Waals surface area contributed by atoms with Crippen molar-refractivity contribution < 1.29 is 14.3 Å². The van der Waals surface area contributed by atoms with Gasteiger partial charge in [-0.05, 0) is 51.1 Å². The molecule has 6 nitrogen and oxygen atoms in total. The molecule has 3 aromatic rings. The van der Waals surface area contributed by atoms with Crippen LogP contribution in [0.25, 0.3) is 16.9 Å². The van der Waals surface area contributed by atoms with E-state index in [1.54, 1.807) is 33.4 Å². The molecule has 2 heterocycles. The Morgan fingerprint density at radius 2 is 1.89 bits per heavy atom. The summed E-state index contributed by atoms with van der Waals surface area (Å²) in [6.07, 6.45) is 3.45. The van der Waals surface area contributed by atoms with Crippen LogP contribution in [0.3, 0.4) is 0 Å². The molecule has 140 valence electrons. The SMILES string of the molecule is COc1cccc(-c2cc(COC(C)(C)C(C)=O)nn2-c2ccncc2)c1. The van der Waals surface area contributed by atoms with E-state index in [1.165, 1.54) is 6.92 Å². The molecule has 0 aliphatic rings. The van der Waals surface area contributed by atoms with Crippen molar-refractivity contribution in [3.05, 3.63) is 60.6 Å². The number of Topliss-reactive ketones (excluding diaryl/α,β-unsaturated/α-hetero) is 1. The van der Waals surface area contributed by atoms with E-state index in [0.29, 0.717) is 0 Å². The van der Waals surface area contributed by atoms with Gasteiger partial charge in [0, 0.05) is 18.0 Å². The lowest BCUT2D eigenvalue weighted by atomic mass is 10.1. The highest BCUT2D eigenvalue weighted by atomic mass is 16.5. The fourth-order valence-corrected chi connectivity index (χ4v) is 2.53. The molecule has 0 fully saturated rings. The van der Waals surface area contributed by atoms with E-state index in [-0.39, 0.29) is 12.4 Å². The number of methoxy groups -OCH3 is 1. The van der Waals surface area contributed by atoms with Gasteiger partial charge in [0.15, 0.2) is 5.78 Å². The van der Waals surface area contributed by atoms with Gasteiger partial charge in [-0.25, -0.2) is 4.68 Å². The molecule has 0 spiro atoms. The predicted octanol–water partition coefficient (Wildman–Crippen LogP) is 3.83. The fourth-order valence-electron chi connectivity index (χ4n) is 2.53. The summed E-state index contributed by atoms with van der Waals surface area (Å²) in [5.41, 5.74) is 2.64. The van der Waals surface area contributed by atoms with Gasteiger partial charge in [-0.15, -0.1) is 0 Å². The highest BCUT2D eigenvalue weighted by molar-refractivity contribution is 5.83. The van der Waals surface area contributed by atoms with Crippen LogP contribution in [0.15, 0.2) is 54.9 Å². The van der Waals surface area contributed by atoms with Crippen LogP contribution in [0.1, 0.15) is 26.5 Å². The number of hydrogen-bond acceptors (Lipinski definition) is 5. The Balaban J connectivity index is 2.00. The van der Waals surface area contributed by atoms with Gasteiger partial charge in [-0.1, -0.05) is 12.1 Å². The third kappa shape index (κ3) is 4.23. The van der Waals surface area contributed by atoms with E-state index < -0.39 is 5.60 Å². The van der Waals surface area contributed by atoms with Gasteiger partial charge in [-0.2, -0.15) is 5.10 Å². The molecule has 0 saturated heterocycles. The quantitative estimate of drug-likeness (QED) is 0.637. The summed E-state index contributed by atoms with van der Waals surface area (Å²) < 4.78 is 13.0. The molecule has 3 rings (SSSR count). The number of pyridine rings is 1. The second-order valence-corrected chi connectivity index (χ2v) is 6.73. The molecule has 0 aliphatic heterocycles. The van der Waals surface area contributed by atoms with Crippen molar-refractivity contribution in [2.24, 2.45) is 0 Å². The lowest BCUT2D eigenvalue weighted by Gasteiger charge is -2.21. The molecule has 1 aromatic carbocycles. The van der Waals surface area contributed by atoms with Crippen LogP contribution in [0.5, 0.6) is 5.75 Å². The van der Waals surface area contributed by atoms with Crippen molar-refractivity contribution in [2.45, 2.75) is 33.0 Å². The van der Waals surface area contributed by atoms with Crippen LogP contribution in [0, 0.1) is 0 Å². The lowest BCUT2D eigenvalue weighted by molar-refractivity contribution is -0.139. The first kappa shape index (κ1) is 18.8. The maximum atomic E-state index is 11.7. The Hall–Kier alpha value is -2.99. The monoisotopic (exact) mass is 365 g/mol. The largest absolute Gasteiger partial charge is 0.497 e. The minimum absolute atomic E-state index is 0.0240. The Labute approximate surface area is 158 Å². The van der Waals surface area contributed by atoms with Gasteiger partial charge in [0.25, 0.3) is 0 Å². The zero-order valence-electron chi connectivity index (χ0n) is 16.0. The number of rotatable bonds is 7. The Kier molecular flexibility index (Phi) is 5.37. The molecule has 0 saturated carbocycles. The number of hydrogen-bond donors (Lipinski definition) is 0. The molecule has 0 amide bonds. The van der Waals surface area contributed by atoms with Gasteiger partial charge in [0.1, 0.15) is 11.4 Å². The molecule has 0 N–H and O–H groups in total. The van der Waals surface area contributed by atoms with E-state index >= 15 is 0 Å². The van der Waals surface area contributed by atoms with Crippen molar-refractivity contribution in [3.8, 4) is 22.7 Å². The normalized spacial score (nSPS) is 11.4. The molecular weight excluding hydrogens is 342 g/mol. The van der Waals surface area contributed by atoms with Gasteiger partial charge in [0.05, 0.1) is 30.8 Å². The molecule has 27 heavy (non-hydrogen) atoms. The van der Waals surface area contributed by atoms with Crippen LogP contribution in [-0.4, -0.2) is 33.3 Å². The van der Waals surface area contributed by atoms with Crippen molar-refractivity contribution in [2.75, 3.05) is 7.11 Å². The first-order valence-electron chi connectivity index (χ1n) is 8.69. The van der Waals surface area contributed by atoms with Gasteiger partial charge in [0.2, 0.25) is 0 Å². The molecule has 0 bridgehead atoms. The highest BCUT2D eigenvalue weighted by Crippen LogP contribution is 2.27. The standard InChI is InChI=1S/C21H23N3O3/c1-15(25)21(2,3)27-14-17-13-20(16-6-5-7-19(12-16)26-4)24(23-17)18-8-10-22-11-9-18/h5-13H,14H2,1-4H3. The second-order valence-electron chi connectivity index (χ2n) is 6.73. The van der Waals surface area contributed by atoms with Crippen LogP contribution < -0.4 is 4.74 Å². The van der Waals surface area contributed by atoms with Gasteiger partial charge < -0.3 is 9.47 Å². The van der Waals surface area contributed by atoms with Crippen molar-refractivity contribution in [3.63, 3.8) is 0 Å². The molecule has 6 heteroatoms. The van der Waals surface area contributed by atoms with E-state index in [9.17, 15) is 4.79 Å². The van der Waals surface area contributed by atoms with Crippen molar-refractivity contribution in [1.29, 1.82) is 0 Å². The second kappa shape index (κ2) is 7.72. The van der Waals surface area contributed by atoms with Crippen LogP contribution >= 0.6 is 0 Å². The summed E-state index contributed by atoms with van der Waals surface area (Å²) in [6.45, 7) is 5.29. The van der Waals surface area contributed by atoms with Crippen LogP contribution in [-0.2, 0) is 16.1 Å². The van der Waals surface area contributed by atoms with E-state index in [2.05, 4.69) is 10.1 Å². The predicted molar refractivity (Wildman–Crippen MR) is 103 cm³/mol. The highest BCUT2D eigenvalue weighted by Gasteiger charge is 2.25. The van der Waals surface area contributed by atoms with Crippen molar-refractivity contribution in [1.82, 2.24) is 14.8 Å². The molecular formula is C21H23N3O3. The van der Waals surface area contributed by atoms with E-state index in [4.69, 9.17) is 9.47 Å². The molecule has 0 unspecified atom stereocenters. The first-order valence-corrected chi connectivity index (χ1v) is 8.69. The summed E-state index contributed by atoms with van der Waals surface area (Å²) in [4.78, 5) is 15.8. The topological polar surface area (TPSA) is 66.2 Å². The average Bonchev–Trinajstić information content (AvgIpc) is 3.11. The number of ether oxygens (including phenoxy) is 2. The zero-order chi connectivity index (χ0) is 19.4. The van der Waals surface area contributed by atoms with Gasteiger partial charge >= 0.3 is 0 Å². The number of ketones is 1. The molecule has 0 aliphatic carbocycles. The zero-order valence-corrected chi connectivity index (χ0v) is 16.0. The van der Waals surface area contributed by atoms with E-state index in [0.717, 1.165) is 28.4 Å². The summed E-state index contributed by atoms with van der Waals surface area (Å²) >= 11 is 0. The number of aromatic nitrogens is 3. The summed E-state index contributed by atoms with van der Waals surface area (Å²) in [5, 5.41) is 4.69. The Bertz CT molecular complexity index is 933. The number of carbonyl (C=O) groups excluding carboxylic acids is 1. The maximum Gasteiger partial charge on any atom is 0.161 e. The van der Waals surface area contributed by atoms with Crippen LogP contribution in [0.2, 0.25) is 0 Å². The minimum atomic E-state index is -0.851. The van der Waals surface area contributed by atoms with Crippen LogP contribution in [0.4, 0.5) is 0 Å². The van der Waals surface area contributed by atoms with E-state index in [1.807, 2.05) is 47.1 Å². The Morgan fingerprint density at radius 1 is 1.15 bits per heavy atom. The molecule has 2 aromatic heterocycles. The van der Waals surface area contributed by atoms with Gasteiger partial charge in [-0.3, -0.25) is 9.78 Å². The number of nitrogens with zero attached hydrogens (tertiary/aromatic N) is 3. The molecule has 0 atom stereocenters. The lowest BCUT2D eigenvalue weighted by Crippen LogP contribution is -2.32. The number of benzene rings is 1. The summed E-state index contributed by atoms with van der Waals surface area (Å²) in [5.74, 6) is 0.745. The third-order valence-electron chi connectivity index (χ3n) is 4.46. The molecule has 0 radical (unpaired) electrons. The average molecular weight is 365 g/mol. The third-order valence-corrected chi connectivity index (χ3v) is 4.46. The van der Waals surface area contributed by atoms with Crippen molar-refractivity contribution >= 4 is 5.78 Å². The minimum Gasteiger partial charge on any atom is -0.497 e. The smallest absolute Gasteiger partial charge is 0.161 e. The Morgan fingerprint density at radius 3 is 2.56 bits per heavy atom. The summed E-state index contributed by atoms with van der Waals surface area (Å²) in [6, 6.07) is 13.5. The number of carbonyl (C=O) groups is 1. The first-order chi connectivity index (χ1) is 12.9.